The van der Waals surface area contributed by atoms with Gasteiger partial charge in [-0.15, -0.1) is 11.3 Å². The van der Waals surface area contributed by atoms with Crippen LogP contribution in [0.2, 0.25) is 0 Å². The number of fused-ring (bicyclic) bond motifs is 1. The van der Waals surface area contributed by atoms with Crippen LogP contribution in [0.5, 0.6) is 5.75 Å². The van der Waals surface area contributed by atoms with Crippen LogP contribution in [-0.2, 0) is 13.0 Å². The molecule has 0 unspecified atom stereocenters. The lowest BCUT2D eigenvalue weighted by atomic mass is 10.0. The van der Waals surface area contributed by atoms with Crippen molar-refractivity contribution in [2.45, 2.75) is 19.9 Å². The van der Waals surface area contributed by atoms with Crippen molar-refractivity contribution in [2.75, 3.05) is 19.0 Å². The Morgan fingerprint density at radius 3 is 2.58 bits per heavy atom. The van der Waals surface area contributed by atoms with E-state index >= 15 is 0 Å². The number of para-hydroxylation sites is 1. The number of nitrogens with zero attached hydrogens (tertiary/aromatic N) is 1. The van der Waals surface area contributed by atoms with Crippen molar-refractivity contribution in [3.05, 3.63) is 81.0 Å². The number of nitrogens with one attached hydrogen (secondary N) is 1. The molecule has 2 N–H and O–H groups in total. The number of hydrogen-bond acceptors (Lipinski definition) is 5. The summed E-state index contributed by atoms with van der Waals surface area (Å²) in [6.07, 6.45) is 0.318. The Kier molecular flexibility index (Phi) is 6.15. The first-order valence-corrected chi connectivity index (χ1v) is 11.0. The largest absolute Gasteiger partial charge is 0.496 e. The van der Waals surface area contributed by atoms with Crippen LogP contribution in [0.25, 0.3) is 0 Å². The molecule has 0 saturated heterocycles. The van der Waals surface area contributed by atoms with Crippen molar-refractivity contribution in [3.63, 3.8) is 0 Å². The molecule has 0 fully saturated rings. The number of carbonyl (C=O) groups excluding carboxylic acids is 2. The van der Waals surface area contributed by atoms with Gasteiger partial charge in [0, 0.05) is 17.0 Å². The van der Waals surface area contributed by atoms with E-state index in [4.69, 9.17) is 4.74 Å². The van der Waals surface area contributed by atoms with Crippen molar-refractivity contribution in [2.24, 2.45) is 0 Å². The molecule has 33 heavy (non-hydrogen) atoms. The van der Waals surface area contributed by atoms with Gasteiger partial charge in [-0.2, -0.15) is 0 Å². The van der Waals surface area contributed by atoms with Crippen LogP contribution in [0, 0.1) is 12.7 Å². The summed E-state index contributed by atoms with van der Waals surface area (Å²) in [5.41, 5.74) is 1.46. The molecule has 2 aromatic carbocycles. The molecule has 170 valence electrons. The highest BCUT2D eigenvalue weighted by atomic mass is 32.1. The first-order chi connectivity index (χ1) is 15.8. The van der Waals surface area contributed by atoms with Gasteiger partial charge in [0.05, 0.1) is 24.8 Å². The van der Waals surface area contributed by atoms with Crippen LogP contribution < -0.4 is 10.1 Å². The highest BCUT2D eigenvalue weighted by Gasteiger charge is 2.31. The Morgan fingerprint density at radius 2 is 1.85 bits per heavy atom. The zero-order chi connectivity index (χ0) is 23.7. The number of thiophene rings is 1. The van der Waals surface area contributed by atoms with E-state index in [2.05, 4.69) is 5.32 Å². The number of hydrogen-bond donors (Lipinski definition) is 2. The molecule has 0 bridgehead atoms. The molecule has 0 aliphatic carbocycles. The molecule has 4 rings (SSSR count). The van der Waals surface area contributed by atoms with Gasteiger partial charge in [-0.3, -0.25) is 9.59 Å². The molecule has 7 nitrogen and oxygen atoms in total. The number of carbonyl (C=O) groups is 3. The van der Waals surface area contributed by atoms with Gasteiger partial charge in [-0.25, -0.2) is 9.18 Å². The molecular weight excluding hydrogens is 447 g/mol. The molecule has 0 spiro atoms. The van der Waals surface area contributed by atoms with Gasteiger partial charge in [0.15, 0.2) is 0 Å². The second kappa shape index (κ2) is 9.03. The monoisotopic (exact) mass is 468 g/mol. The van der Waals surface area contributed by atoms with E-state index < -0.39 is 17.7 Å². The normalized spacial score (nSPS) is 12.8. The van der Waals surface area contributed by atoms with Gasteiger partial charge in [-0.05, 0) is 48.7 Å². The molecule has 2 amide bonds. The fourth-order valence-corrected chi connectivity index (χ4v) is 5.15. The van der Waals surface area contributed by atoms with Crippen LogP contribution >= 0.6 is 11.3 Å². The summed E-state index contributed by atoms with van der Waals surface area (Å²) >= 11 is 1.13. The maximum atomic E-state index is 13.9. The average molecular weight is 469 g/mol. The van der Waals surface area contributed by atoms with E-state index in [-0.39, 0.29) is 39.7 Å². The molecule has 0 saturated carbocycles. The van der Waals surface area contributed by atoms with Crippen molar-refractivity contribution in [3.8, 4) is 5.75 Å². The second-order valence-corrected chi connectivity index (χ2v) is 8.66. The minimum atomic E-state index is -1.15. The molecular formula is C24H21FN2O5S. The molecule has 1 aliphatic heterocycles. The van der Waals surface area contributed by atoms with Gasteiger partial charge in [0.25, 0.3) is 11.8 Å². The first kappa shape index (κ1) is 22.5. The van der Waals surface area contributed by atoms with Crippen molar-refractivity contribution < 1.29 is 28.6 Å². The molecule has 9 heteroatoms. The van der Waals surface area contributed by atoms with E-state index in [1.54, 1.807) is 42.2 Å². The number of methoxy groups -OCH3 is 1. The minimum Gasteiger partial charge on any atom is -0.496 e. The molecule has 1 aliphatic rings. The van der Waals surface area contributed by atoms with E-state index in [0.717, 1.165) is 11.3 Å². The van der Waals surface area contributed by atoms with Crippen molar-refractivity contribution in [1.29, 1.82) is 0 Å². The van der Waals surface area contributed by atoms with Crippen molar-refractivity contribution >= 4 is 34.1 Å². The number of ether oxygens (including phenoxy) is 1. The lowest BCUT2D eigenvalue weighted by Crippen LogP contribution is -2.36. The van der Waals surface area contributed by atoms with E-state index in [0.29, 0.717) is 29.2 Å². The fraction of sp³-hybridized carbons (Fsp3) is 0.208. The Morgan fingerprint density at radius 1 is 1.12 bits per heavy atom. The average Bonchev–Trinajstić information content (AvgIpc) is 3.17. The van der Waals surface area contributed by atoms with Crippen LogP contribution in [0.1, 0.15) is 47.1 Å². The summed E-state index contributed by atoms with van der Waals surface area (Å²) in [6.45, 7) is 2.02. The second-order valence-electron chi connectivity index (χ2n) is 7.56. The Labute approximate surface area is 193 Å². The zero-order valence-corrected chi connectivity index (χ0v) is 18.8. The summed E-state index contributed by atoms with van der Waals surface area (Å²) < 4.78 is 19.1. The number of rotatable bonds is 5. The fourth-order valence-electron chi connectivity index (χ4n) is 3.90. The number of carboxylic acids is 1. The van der Waals surface area contributed by atoms with Gasteiger partial charge in [-0.1, -0.05) is 18.2 Å². The quantitative estimate of drug-likeness (QED) is 0.580. The molecule has 3 aromatic rings. The first-order valence-electron chi connectivity index (χ1n) is 10.2. The number of aromatic carboxylic acids is 1. The Balaban J connectivity index is 1.63. The lowest BCUT2D eigenvalue weighted by Gasteiger charge is -2.27. The van der Waals surface area contributed by atoms with E-state index in [9.17, 15) is 23.9 Å². The summed E-state index contributed by atoms with van der Waals surface area (Å²) in [5, 5.41) is 12.7. The smallest absolute Gasteiger partial charge is 0.339 e. The summed E-state index contributed by atoms with van der Waals surface area (Å²) in [6, 6.07) is 11.0. The maximum absolute atomic E-state index is 13.9. The Bertz CT molecular complexity index is 1270. The van der Waals surface area contributed by atoms with Crippen LogP contribution in [0.4, 0.5) is 9.39 Å². The third kappa shape index (κ3) is 4.19. The number of halogens is 1. The third-order valence-corrected chi connectivity index (χ3v) is 6.77. The van der Waals surface area contributed by atoms with Crippen LogP contribution in [0.3, 0.4) is 0 Å². The number of anilines is 1. The molecule has 0 atom stereocenters. The molecule has 2 heterocycles. The lowest BCUT2D eigenvalue weighted by molar-refractivity contribution is 0.0696. The third-order valence-electron chi connectivity index (χ3n) is 5.63. The van der Waals surface area contributed by atoms with Gasteiger partial charge in [0.1, 0.15) is 16.6 Å². The van der Waals surface area contributed by atoms with Gasteiger partial charge < -0.3 is 20.1 Å². The number of carboxylic acid groups (broad SMARTS) is 1. The zero-order valence-electron chi connectivity index (χ0n) is 18.0. The predicted octanol–water partition coefficient (Wildman–Crippen LogP) is 4.35. The van der Waals surface area contributed by atoms with Crippen LogP contribution in [-0.4, -0.2) is 41.4 Å². The molecule has 1 aromatic heterocycles. The van der Waals surface area contributed by atoms with Gasteiger partial charge in [0.2, 0.25) is 0 Å². The SMILES string of the molecule is COc1ccccc1C(=O)Nc1sc2c(c1C(=O)O)CCN(C(=O)c1cccc(F)c1C)C2. The maximum Gasteiger partial charge on any atom is 0.339 e. The number of benzene rings is 2. The number of amides is 2. The molecule has 0 radical (unpaired) electrons. The highest BCUT2D eigenvalue weighted by molar-refractivity contribution is 7.17. The van der Waals surface area contributed by atoms with Gasteiger partial charge >= 0.3 is 5.97 Å². The Hall–Kier alpha value is -3.72. The minimum absolute atomic E-state index is 0.0345. The summed E-state index contributed by atoms with van der Waals surface area (Å²) in [7, 11) is 1.45. The standard InChI is InChI=1S/C24H21FN2O5S/c1-13-14(7-5-8-17(13)25)23(29)27-11-10-16-19(12-27)33-22(20(16)24(30)31)26-21(28)15-6-3-4-9-18(15)32-2/h3-9H,10-12H2,1-2H3,(H,26,28)(H,30,31). The van der Waals surface area contributed by atoms with E-state index in [1.165, 1.54) is 19.2 Å². The van der Waals surface area contributed by atoms with E-state index in [1.807, 2.05) is 0 Å². The van der Waals surface area contributed by atoms with Crippen LogP contribution in [0.15, 0.2) is 42.5 Å². The predicted molar refractivity (Wildman–Crippen MR) is 122 cm³/mol. The summed E-state index contributed by atoms with van der Waals surface area (Å²) in [5.74, 6) is -2.04. The van der Waals surface area contributed by atoms with Crippen molar-refractivity contribution in [1.82, 2.24) is 4.90 Å². The highest BCUT2D eigenvalue weighted by Crippen LogP contribution is 2.38. The summed E-state index contributed by atoms with van der Waals surface area (Å²) in [4.78, 5) is 40.1. The topological polar surface area (TPSA) is 95.9 Å².